The van der Waals surface area contributed by atoms with Crippen LogP contribution >= 0.6 is 11.8 Å². The van der Waals surface area contributed by atoms with Gasteiger partial charge in [0.2, 0.25) is 0 Å². The molecule has 0 radical (unpaired) electrons. The Labute approximate surface area is 160 Å². The number of rotatable bonds is 4. The zero-order valence-electron chi connectivity index (χ0n) is 14.3. The van der Waals surface area contributed by atoms with Gasteiger partial charge >= 0.3 is 0 Å². The maximum atomic E-state index is 12.4. The SMILES string of the molecule is O=C(NCCc1cccnn1)c1ccc2c(c1)NC(=O)c1ccccc1S2. The maximum absolute atomic E-state index is 12.4. The normalized spacial score (nSPS) is 12.4. The Hall–Kier alpha value is -3.19. The molecule has 2 amide bonds. The van der Waals surface area contributed by atoms with Crippen molar-refractivity contribution in [1.82, 2.24) is 15.5 Å². The number of fused-ring (bicyclic) bond motifs is 2. The number of amides is 2. The molecule has 27 heavy (non-hydrogen) atoms. The predicted octanol–water partition coefficient (Wildman–Crippen LogP) is 3.17. The molecule has 1 aromatic heterocycles. The van der Waals surface area contributed by atoms with Gasteiger partial charge in [-0.2, -0.15) is 10.2 Å². The van der Waals surface area contributed by atoms with Crippen LogP contribution in [0.5, 0.6) is 0 Å². The number of anilines is 1. The highest BCUT2D eigenvalue weighted by atomic mass is 32.2. The molecule has 0 fully saturated rings. The summed E-state index contributed by atoms with van der Waals surface area (Å²) in [6.07, 6.45) is 2.22. The third-order valence-corrected chi connectivity index (χ3v) is 5.29. The average Bonchev–Trinajstić information content (AvgIpc) is 2.84. The van der Waals surface area contributed by atoms with E-state index in [4.69, 9.17) is 0 Å². The van der Waals surface area contributed by atoms with Crippen LogP contribution in [0.3, 0.4) is 0 Å². The van der Waals surface area contributed by atoms with E-state index in [-0.39, 0.29) is 11.8 Å². The van der Waals surface area contributed by atoms with Crippen LogP contribution in [-0.4, -0.2) is 28.6 Å². The number of nitrogens with one attached hydrogen (secondary N) is 2. The van der Waals surface area contributed by atoms with Crippen molar-refractivity contribution in [3.05, 3.63) is 77.6 Å². The third kappa shape index (κ3) is 3.83. The van der Waals surface area contributed by atoms with Gasteiger partial charge in [-0.15, -0.1) is 0 Å². The predicted molar refractivity (Wildman–Crippen MR) is 103 cm³/mol. The molecule has 134 valence electrons. The minimum Gasteiger partial charge on any atom is -0.352 e. The fourth-order valence-electron chi connectivity index (χ4n) is 2.78. The van der Waals surface area contributed by atoms with E-state index in [1.54, 1.807) is 24.4 Å². The second-order valence-electron chi connectivity index (χ2n) is 5.98. The van der Waals surface area contributed by atoms with Gasteiger partial charge in [-0.05, 0) is 42.5 Å². The number of carbonyl (C=O) groups is 2. The molecule has 6 nitrogen and oxygen atoms in total. The minimum atomic E-state index is -0.192. The van der Waals surface area contributed by atoms with Gasteiger partial charge in [0.05, 0.1) is 16.9 Å². The van der Waals surface area contributed by atoms with Crippen LogP contribution < -0.4 is 10.6 Å². The van der Waals surface area contributed by atoms with E-state index in [1.807, 2.05) is 36.4 Å². The molecular formula is C20H16N4O2S. The zero-order chi connectivity index (χ0) is 18.6. The minimum absolute atomic E-state index is 0.169. The lowest BCUT2D eigenvalue weighted by Crippen LogP contribution is -2.26. The van der Waals surface area contributed by atoms with E-state index in [0.29, 0.717) is 29.8 Å². The molecule has 0 bridgehead atoms. The van der Waals surface area contributed by atoms with Crippen molar-refractivity contribution in [2.75, 3.05) is 11.9 Å². The number of nitrogens with zero attached hydrogens (tertiary/aromatic N) is 2. The van der Waals surface area contributed by atoms with Crippen molar-refractivity contribution in [3.8, 4) is 0 Å². The summed E-state index contributed by atoms with van der Waals surface area (Å²) in [5.74, 6) is -0.361. The first-order valence-corrected chi connectivity index (χ1v) is 9.29. The summed E-state index contributed by atoms with van der Waals surface area (Å²) in [6, 6.07) is 16.5. The Morgan fingerprint density at radius 1 is 1.07 bits per heavy atom. The van der Waals surface area contributed by atoms with Crippen LogP contribution in [-0.2, 0) is 6.42 Å². The topological polar surface area (TPSA) is 84.0 Å². The van der Waals surface area contributed by atoms with Crippen LogP contribution in [0.4, 0.5) is 5.69 Å². The Balaban J connectivity index is 1.47. The van der Waals surface area contributed by atoms with E-state index in [0.717, 1.165) is 15.5 Å². The van der Waals surface area contributed by atoms with E-state index < -0.39 is 0 Å². The second kappa shape index (κ2) is 7.59. The maximum Gasteiger partial charge on any atom is 0.256 e. The molecule has 0 saturated carbocycles. The lowest BCUT2D eigenvalue weighted by atomic mass is 10.1. The van der Waals surface area contributed by atoms with Crippen molar-refractivity contribution < 1.29 is 9.59 Å². The summed E-state index contributed by atoms with van der Waals surface area (Å²) in [5.41, 5.74) is 2.59. The molecule has 0 unspecified atom stereocenters. The van der Waals surface area contributed by atoms with Gasteiger partial charge in [-0.25, -0.2) is 0 Å². The number of carbonyl (C=O) groups excluding carboxylic acids is 2. The van der Waals surface area contributed by atoms with Crippen molar-refractivity contribution in [1.29, 1.82) is 0 Å². The summed E-state index contributed by atoms with van der Waals surface area (Å²) < 4.78 is 0. The lowest BCUT2D eigenvalue weighted by molar-refractivity contribution is 0.0952. The van der Waals surface area contributed by atoms with Gasteiger partial charge in [0, 0.05) is 34.5 Å². The summed E-state index contributed by atoms with van der Waals surface area (Å²) in [5, 5.41) is 13.6. The monoisotopic (exact) mass is 376 g/mol. The molecule has 0 atom stereocenters. The van der Waals surface area contributed by atoms with Crippen LogP contribution in [0, 0.1) is 0 Å². The molecular weight excluding hydrogens is 360 g/mol. The summed E-state index contributed by atoms with van der Waals surface area (Å²) in [4.78, 5) is 26.7. The molecule has 7 heteroatoms. The quantitative estimate of drug-likeness (QED) is 0.731. The van der Waals surface area contributed by atoms with E-state index in [9.17, 15) is 9.59 Å². The number of aromatic nitrogens is 2. The van der Waals surface area contributed by atoms with E-state index >= 15 is 0 Å². The standard InChI is InChI=1S/C20H16N4O2S/c25-19(21-11-9-14-4-3-10-22-24-14)13-7-8-18-16(12-13)23-20(26)15-5-1-2-6-17(15)27-18/h1-8,10,12H,9,11H2,(H,21,25)(H,23,26). The van der Waals surface area contributed by atoms with Crippen molar-refractivity contribution in [2.24, 2.45) is 0 Å². The van der Waals surface area contributed by atoms with Gasteiger partial charge in [0.15, 0.2) is 0 Å². The third-order valence-electron chi connectivity index (χ3n) is 4.14. The van der Waals surface area contributed by atoms with Gasteiger partial charge < -0.3 is 10.6 Å². The van der Waals surface area contributed by atoms with Gasteiger partial charge in [0.25, 0.3) is 11.8 Å². The summed E-state index contributed by atoms with van der Waals surface area (Å²) in [7, 11) is 0. The molecule has 2 N–H and O–H groups in total. The number of benzene rings is 2. The largest absolute Gasteiger partial charge is 0.352 e. The molecule has 3 aromatic rings. The molecule has 4 rings (SSSR count). The molecule has 0 spiro atoms. The summed E-state index contributed by atoms with van der Waals surface area (Å²) >= 11 is 1.51. The van der Waals surface area contributed by atoms with Gasteiger partial charge in [-0.1, -0.05) is 23.9 Å². The lowest BCUT2D eigenvalue weighted by Gasteiger charge is -2.09. The van der Waals surface area contributed by atoms with Crippen LogP contribution in [0.1, 0.15) is 26.4 Å². The van der Waals surface area contributed by atoms with Crippen molar-refractivity contribution in [3.63, 3.8) is 0 Å². The van der Waals surface area contributed by atoms with Crippen molar-refractivity contribution >= 4 is 29.3 Å². The highest BCUT2D eigenvalue weighted by Crippen LogP contribution is 2.38. The van der Waals surface area contributed by atoms with Crippen molar-refractivity contribution in [2.45, 2.75) is 16.2 Å². The van der Waals surface area contributed by atoms with E-state index in [1.165, 1.54) is 11.8 Å². The first-order valence-electron chi connectivity index (χ1n) is 8.48. The number of hydrogen-bond donors (Lipinski definition) is 2. The zero-order valence-corrected chi connectivity index (χ0v) is 15.1. The molecule has 0 saturated heterocycles. The Bertz CT molecular complexity index is 1010. The molecule has 1 aliphatic rings. The molecule has 2 heterocycles. The Morgan fingerprint density at radius 3 is 2.81 bits per heavy atom. The van der Waals surface area contributed by atoms with Gasteiger partial charge in [0.1, 0.15) is 0 Å². The Morgan fingerprint density at radius 2 is 1.96 bits per heavy atom. The van der Waals surface area contributed by atoms with E-state index in [2.05, 4.69) is 20.8 Å². The first-order chi connectivity index (χ1) is 13.2. The average molecular weight is 376 g/mol. The first kappa shape index (κ1) is 17.2. The molecule has 0 aliphatic carbocycles. The second-order valence-corrected chi connectivity index (χ2v) is 7.07. The smallest absolute Gasteiger partial charge is 0.256 e. The van der Waals surface area contributed by atoms with Crippen LogP contribution in [0.25, 0.3) is 0 Å². The molecule has 2 aromatic carbocycles. The fraction of sp³-hybridized carbons (Fsp3) is 0.100. The fourth-order valence-corrected chi connectivity index (χ4v) is 3.79. The molecule has 1 aliphatic heterocycles. The highest BCUT2D eigenvalue weighted by molar-refractivity contribution is 7.99. The summed E-state index contributed by atoms with van der Waals surface area (Å²) in [6.45, 7) is 0.459. The van der Waals surface area contributed by atoms with Crippen LogP contribution in [0.2, 0.25) is 0 Å². The Kier molecular flexibility index (Phi) is 4.84. The number of hydrogen-bond acceptors (Lipinski definition) is 5. The van der Waals surface area contributed by atoms with Gasteiger partial charge in [-0.3, -0.25) is 9.59 Å². The highest BCUT2D eigenvalue weighted by Gasteiger charge is 2.20. The van der Waals surface area contributed by atoms with Crippen LogP contribution in [0.15, 0.2) is 70.6 Å².